The Morgan fingerprint density at radius 1 is 1.31 bits per heavy atom. The van der Waals surface area contributed by atoms with E-state index in [1.165, 1.54) is 0 Å². The summed E-state index contributed by atoms with van der Waals surface area (Å²) >= 11 is 0. The third-order valence-electron chi connectivity index (χ3n) is 5.03. The molecular weight excluding hydrogens is 370 g/mol. The van der Waals surface area contributed by atoms with Crippen LogP contribution in [0.4, 0.5) is 5.82 Å². The molecule has 0 radical (unpaired) electrons. The Bertz CT molecular complexity index is 1080. The maximum atomic E-state index is 13.2. The first kappa shape index (κ1) is 19.1. The molecule has 0 saturated carbocycles. The first-order chi connectivity index (χ1) is 13.9. The number of aliphatic hydroxyl groups excluding tert-OH is 1. The van der Waals surface area contributed by atoms with Gasteiger partial charge in [0.1, 0.15) is 5.75 Å². The first-order valence-electron chi connectivity index (χ1n) is 9.45. The average Bonchev–Trinajstić information content (AvgIpc) is 3.23. The summed E-state index contributed by atoms with van der Waals surface area (Å²) in [6.45, 7) is 5.92. The van der Waals surface area contributed by atoms with Crippen LogP contribution >= 0.6 is 0 Å². The second-order valence-electron chi connectivity index (χ2n) is 7.29. The molecule has 29 heavy (non-hydrogen) atoms. The number of fused-ring (bicyclic) bond motifs is 1. The largest absolute Gasteiger partial charge is 0.495 e. The molecule has 1 aliphatic rings. The minimum Gasteiger partial charge on any atom is -0.495 e. The van der Waals surface area contributed by atoms with E-state index < -0.39 is 6.10 Å². The topological polar surface area (TPSA) is 93.4 Å². The number of anilines is 1. The molecule has 0 aromatic carbocycles. The van der Waals surface area contributed by atoms with Crippen LogP contribution < -0.4 is 9.64 Å². The van der Waals surface area contributed by atoms with Crippen LogP contribution in [-0.4, -0.2) is 44.0 Å². The summed E-state index contributed by atoms with van der Waals surface area (Å²) in [6, 6.07) is 5.29. The van der Waals surface area contributed by atoms with Crippen molar-refractivity contribution in [3.05, 3.63) is 53.6 Å². The Morgan fingerprint density at radius 3 is 2.83 bits per heavy atom. The number of carbonyl (C=O) groups is 1. The van der Waals surface area contributed by atoms with Gasteiger partial charge < -0.3 is 9.84 Å². The third kappa shape index (κ3) is 3.36. The van der Waals surface area contributed by atoms with Crippen molar-refractivity contribution in [2.75, 3.05) is 12.0 Å². The molecular formula is C21H23N5O3. The molecule has 4 heterocycles. The van der Waals surface area contributed by atoms with Gasteiger partial charge in [-0.05, 0) is 38.5 Å². The number of hydrogen-bond acceptors (Lipinski definition) is 6. The molecule has 4 rings (SSSR count). The zero-order valence-electron chi connectivity index (χ0n) is 16.8. The highest BCUT2D eigenvalue weighted by molar-refractivity contribution is 6.11. The summed E-state index contributed by atoms with van der Waals surface area (Å²) in [5.74, 6) is 1.08. The third-order valence-corrected chi connectivity index (χ3v) is 5.03. The Hall–Kier alpha value is -3.26. The molecule has 0 saturated heterocycles. The smallest absolute Gasteiger partial charge is 0.262 e. The molecule has 0 aliphatic carbocycles. The highest BCUT2D eigenvalue weighted by atomic mass is 16.5. The highest BCUT2D eigenvalue weighted by Gasteiger charge is 2.39. The van der Waals surface area contributed by atoms with E-state index in [2.05, 4.69) is 10.1 Å². The molecule has 3 aromatic heterocycles. The lowest BCUT2D eigenvalue weighted by Crippen LogP contribution is -2.27. The monoisotopic (exact) mass is 393 g/mol. The quantitative estimate of drug-likeness (QED) is 0.716. The Balaban J connectivity index is 1.72. The lowest BCUT2D eigenvalue weighted by molar-refractivity contribution is 0.0991. The van der Waals surface area contributed by atoms with Crippen molar-refractivity contribution in [3.63, 3.8) is 0 Å². The van der Waals surface area contributed by atoms with Crippen molar-refractivity contribution in [1.82, 2.24) is 19.7 Å². The molecule has 1 aliphatic heterocycles. The number of methoxy groups -OCH3 is 1. The zero-order chi connectivity index (χ0) is 20.7. The zero-order valence-corrected chi connectivity index (χ0v) is 16.8. The summed E-state index contributed by atoms with van der Waals surface area (Å²) in [5.41, 5.74) is 3.76. The molecule has 8 heteroatoms. The van der Waals surface area contributed by atoms with Gasteiger partial charge in [0.05, 0.1) is 48.9 Å². The molecule has 0 fully saturated rings. The second kappa shape index (κ2) is 7.29. The van der Waals surface area contributed by atoms with Gasteiger partial charge in [0, 0.05) is 24.0 Å². The van der Waals surface area contributed by atoms with Crippen LogP contribution in [0.25, 0.3) is 11.3 Å². The summed E-state index contributed by atoms with van der Waals surface area (Å²) in [6.07, 6.45) is 4.61. The number of carbonyl (C=O) groups excluding carboxylic acids is 1. The molecule has 3 aromatic rings. The van der Waals surface area contributed by atoms with Crippen LogP contribution in [0.5, 0.6) is 5.75 Å². The molecule has 0 unspecified atom stereocenters. The SMILES string of the molecule is COc1cncc(-c2cc(C)c3c(n2)[C@@H](C)N(c2ccn(C[C@H](C)O)n2)C3=O)c1. The second-order valence-corrected chi connectivity index (χ2v) is 7.29. The predicted molar refractivity (Wildman–Crippen MR) is 108 cm³/mol. The molecule has 8 nitrogen and oxygen atoms in total. The van der Waals surface area contributed by atoms with Gasteiger partial charge >= 0.3 is 0 Å². The van der Waals surface area contributed by atoms with Gasteiger partial charge in [-0.1, -0.05) is 0 Å². The summed E-state index contributed by atoms with van der Waals surface area (Å²) < 4.78 is 6.90. The normalized spacial score (nSPS) is 16.8. The number of aromatic nitrogens is 4. The van der Waals surface area contributed by atoms with Crippen LogP contribution in [0.1, 0.15) is 41.5 Å². The van der Waals surface area contributed by atoms with Crippen molar-refractivity contribution in [3.8, 4) is 17.0 Å². The molecule has 2 atom stereocenters. The number of aliphatic hydroxyl groups is 1. The van der Waals surface area contributed by atoms with E-state index in [9.17, 15) is 9.90 Å². The van der Waals surface area contributed by atoms with Crippen molar-refractivity contribution < 1.29 is 14.6 Å². The Kier molecular flexibility index (Phi) is 4.79. The fraction of sp³-hybridized carbons (Fsp3) is 0.333. The number of aryl methyl sites for hydroxylation is 1. The number of nitrogens with zero attached hydrogens (tertiary/aromatic N) is 5. The van der Waals surface area contributed by atoms with Gasteiger partial charge in [0.25, 0.3) is 5.91 Å². The molecule has 1 N–H and O–H groups in total. The maximum Gasteiger partial charge on any atom is 0.262 e. The molecule has 0 bridgehead atoms. The summed E-state index contributed by atoms with van der Waals surface area (Å²) in [7, 11) is 1.59. The Labute approximate surface area is 168 Å². The van der Waals surface area contributed by atoms with E-state index in [-0.39, 0.29) is 11.9 Å². The average molecular weight is 393 g/mol. The van der Waals surface area contributed by atoms with Gasteiger partial charge in [0.15, 0.2) is 5.82 Å². The predicted octanol–water partition coefficient (Wildman–Crippen LogP) is 2.76. The van der Waals surface area contributed by atoms with Crippen LogP contribution in [0.15, 0.2) is 36.8 Å². The van der Waals surface area contributed by atoms with E-state index in [0.717, 1.165) is 22.5 Å². The first-order valence-corrected chi connectivity index (χ1v) is 9.45. The van der Waals surface area contributed by atoms with Gasteiger partial charge in [-0.3, -0.25) is 19.4 Å². The van der Waals surface area contributed by atoms with Gasteiger partial charge in [-0.25, -0.2) is 4.98 Å². The maximum absolute atomic E-state index is 13.2. The molecule has 1 amide bonds. The lowest BCUT2D eigenvalue weighted by atomic mass is 10.0. The van der Waals surface area contributed by atoms with Crippen LogP contribution in [0.3, 0.4) is 0 Å². The van der Waals surface area contributed by atoms with E-state index in [4.69, 9.17) is 9.72 Å². The lowest BCUT2D eigenvalue weighted by Gasteiger charge is -2.18. The van der Waals surface area contributed by atoms with E-state index in [1.54, 1.807) is 48.3 Å². The van der Waals surface area contributed by atoms with E-state index in [1.807, 2.05) is 26.0 Å². The highest BCUT2D eigenvalue weighted by Crippen LogP contribution is 2.38. The van der Waals surface area contributed by atoms with Gasteiger partial charge in [0.2, 0.25) is 0 Å². The fourth-order valence-corrected chi connectivity index (χ4v) is 3.67. The minimum atomic E-state index is -0.519. The van der Waals surface area contributed by atoms with Crippen LogP contribution in [-0.2, 0) is 6.54 Å². The number of hydrogen-bond donors (Lipinski definition) is 1. The summed E-state index contributed by atoms with van der Waals surface area (Å²) in [5, 5.41) is 14.0. The van der Waals surface area contributed by atoms with Crippen molar-refractivity contribution >= 4 is 11.7 Å². The van der Waals surface area contributed by atoms with Crippen LogP contribution in [0, 0.1) is 6.92 Å². The van der Waals surface area contributed by atoms with Crippen molar-refractivity contribution in [1.29, 1.82) is 0 Å². The molecule has 0 spiro atoms. The number of ether oxygens (including phenoxy) is 1. The van der Waals surface area contributed by atoms with Crippen LogP contribution in [0.2, 0.25) is 0 Å². The van der Waals surface area contributed by atoms with E-state index >= 15 is 0 Å². The van der Waals surface area contributed by atoms with E-state index in [0.29, 0.717) is 23.7 Å². The van der Waals surface area contributed by atoms with Crippen molar-refractivity contribution in [2.24, 2.45) is 0 Å². The number of rotatable bonds is 5. The van der Waals surface area contributed by atoms with Gasteiger partial charge in [-0.15, -0.1) is 0 Å². The molecule has 150 valence electrons. The number of amides is 1. The van der Waals surface area contributed by atoms with Crippen molar-refractivity contribution in [2.45, 2.75) is 39.5 Å². The summed E-state index contributed by atoms with van der Waals surface area (Å²) in [4.78, 5) is 23.8. The van der Waals surface area contributed by atoms with Gasteiger partial charge in [-0.2, -0.15) is 5.10 Å². The fourth-order valence-electron chi connectivity index (χ4n) is 3.67. The number of pyridine rings is 2. The Morgan fingerprint density at radius 2 is 2.10 bits per heavy atom. The minimum absolute atomic E-state index is 0.116. The standard InChI is InChI=1S/C21H23N5O3/c1-12-7-17(15-8-16(29-4)10-22-9-15)23-20-14(3)26(21(28)19(12)20)18-5-6-25(24-18)11-13(2)27/h5-10,13-14,27H,11H2,1-4H3/t13-,14+/m0/s1.